The SMILES string of the molecule is CN1CCN(CC(=O)Nc2cccc(Cl)c2)CC1. The zero-order chi connectivity index (χ0) is 13.0. The number of piperazine rings is 1. The lowest BCUT2D eigenvalue weighted by atomic mass is 10.3. The number of carbonyl (C=O) groups excluding carboxylic acids is 1. The molecule has 0 spiro atoms. The zero-order valence-corrected chi connectivity index (χ0v) is 11.3. The van der Waals surface area contributed by atoms with Crippen LogP contribution in [0.15, 0.2) is 24.3 Å². The van der Waals surface area contributed by atoms with E-state index in [1.807, 2.05) is 12.1 Å². The van der Waals surface area contributed by atoms with Gasteiger partial charge in [0.05, 0.1) is 6.54 Å². The third kappa shape index (κ3) is 3.98. The second kappa shape index (κ2) is 6.18. The van der Waals surface area contributed by atoms with Crippen LogP contribution < -0.4 is 5.32 Å². The van der Waals surface area contributed by atoms with E-state index in [4.69, 9.17) is 11.6 Å². The number of carbonyl (C=O) groups is 1. The van der Waals surface area contributed by atoms with Gasteiger partial charge in [-0.2, -0.15) is 0 Å². The Hall–Kier alpha value is -1.10. The normalized spacial score (nSPS) is 17.7. The van der Waals surface area contributed by atoms with E-state index in [0.29, 0.717) is 11.6 Å². The van der Waals surface area contributed by atoms with Crippen molar-refractivity contribution in [3.8, 4) is 0 Å². The summed E-state index contributed by atoms with van der Waals surface area (Å²) in [5, 5.41) is 3.49. The van der Waals surface area contributed by atoms with Crippen LogP contribution in [0.3, 0.4) is 0 Å². The molecule has 0 bridgehead atoms. The number of nitrogens with zero attached hydrogens (tertiary/aromatic N) is 2. The first kappa shape index (κ1) is 13.3. The highest BCUT2D eigenvalue weighted by molar-refractivity contribution is 6.30. The van der Waals surface area contributed by atoms with Crippen molar-refractivity contribution in [2.75, 3.05) is 45.1 Å². The molecule has 4 nitrogen and oxygen atoms in total. The van der Waals surface area contributed by atoms with Crippen molar-refractivity contribution in [3.05, 3.63) is 29.3 Å². The van der Waals surface area contributed by atoms with Gasteiger partial charge in [0.15, 0.2) is 0 Å². The summed E-state index contributed by atoms with van der Waals surface area (Å²) in [4.78, 5) is 16.3. The lowest BCUT2D eigenvalue weighted by Crippen LogP contribution is -2.47. The van der Waals surface area contributed by atoms with E-state index < -0.39 is 0 Å². The Labute approximate surface area is 113 Å². The molecule has 1 amide bonds. The standard InChI is InChI=1S/C13H18ClN3O/c1-16-5-7-17(8-6-16)10-13(18)15-12-4-2-3-11(14)9-12/h2-4,9H,5-8,10H2,1H3,(H,15,18). The summed E-state index contributed by atoms with van der Waals surface area (Å²) in [6.07, 6.45) is 0. The monoisotopic (exact) mass is 267 g/mol. The Kier molecular flexibility index (Phi) is 4.58. The molecule has 0 unspecified atom stereocenters. The molecule has 0 saturated carbocycles. The lowest BCUT2D eigenvalue weighted by molar-refractivity contribution is -0.117. The predicted octanol–water partition coefficient (Wildman–Crippen LogP) is 1.53. The molecule has 1 aromatic carbocycles. The van der Waals surface area contributed by atoms with E-state index in [-0.39, 0.29) is 5.91 Å². The highest BCUT2D eigenvalue weighted by Crippen LogP contribution is 2.14. The number of likely N-dealkylation sites (N-methyl/N-ethyl adjacent to an activating group) is 1. The molecule has 1 N–H and O–H groups in total. The fraction of sp³-hybridized carbons (Fsp3) is 0.462. The van der Waals surface area contributed by atoms with Crippen molar-refractivity contribution in [1.29, 1.82) is 0 Å². The van der Waals surface area contributed by atoms with Crippen molar-refractivity contribution >= 4 is 23.2 Å². The molecular weight excluding hydrogens is 250 g/mol. The minimum Gasteiger partial charge on any atom is -0.325 e. The molecule has 0 radical (unpaired) electrons. The van der Waals surface area contributed by atoms with Crippen molar-refractivity contribution in [1.82, 2.24) is 9.80 Å². The Bertz CT molecular complexity index is 416. The van der Waals surface area contributed by atoms with Crippen molar-refractivity contribution in [2.24, 2.45) is 0 Å². The Morgan fingerprint density at radius 3 is 2.72 bits per heavy atom. The third-order valence-corrected chi connectivity index (χ3v) is 3.31. The molecule has 1 aliphatic heterocycles. The maximum Gasteiger partial charge on any atom is 0.238 e. The summed E-state index contributed by atoms with van der Waals surface area (Å²) in [5.74, 6) is 0.0156. The van der Waals surface area contributed by atoms with Crippen LogP contribution in [0.5, 0.6) is 0 Å². The van der Waals surface area contributed by atoms with E-state index >= 15 is 0 Å². The van der Waals surface area contributed by atoms with Crippen LogP contribution in [-0.4, -0.2) is 55.5 Å². The van der Waals surface area contributed by atoms with Crippen LogP contribution >= 0.6 is 11.6 Å². The number of rotatable bonds is 3. The van der Waals surface area contributed by atoms with Gasteiger partial charge < -0.3 is 10.2 Å². The maximum atomic E-state index is 11.9. The van der Waals surface area contributed by atoms with Gasteiger partial charge in [-0.05, 0) is 25.2 Å². The molecule has 0 aliphatic carbocycles. The quantitative estimate of drug-likeness (QED) is 0.902. The first-order valence-electron chi connectivity index (χ1n) is 6.10. The summed E-state index contributed by atoms with van der Waals surface area (Å²) < 4.78 is 0. The summed E-state index contributed by atoms with van der Waals surface area (Å²) in [5.41, 5.74) is 0.752. The van der Waals surface area contributed by atoms with Gasteiger partial charge >= 0.3 is 0 Å². The zero-order valence-electron chi connectivity index (χ0n) is 10.5. The molecule has 1 fully saturated rings. The van der Waals surface area contributed by atoms with Crippen molar-refractivity contribution in [3.63, 3.8) is 0 Å². The second-order valence-corrected chi connectivity index (χ2v) is 5.07. The van der Waals surface area contributed by atoms with Gasteiger partial charge in [0.1, 0.15) is 0 Å². The number of benzene rings is 1. The minimum atomic E-state index is 0.0156. The topological polar surface area (TPSA) is 35.6 Å². The van der Waals surface area contributed by atoms with E-state index in [2.05, 4.69) is 22.2 Å². The number of hydrogen-bond donors (Lipinski definition) is 1. The van der Waals surface area contributed by atoms with Gasteiger partial charge in [-0.3, -0.25) is 9.69 Å². The second-order valence-electron chi connectivity index (χ2n) is 4.64. The van der Waals surface area contributed by atoms with Crippen LogP contribution in [0.4, 0.5) is 5.69 Å². The number of hydrogen-bond acceptors (Lipinski definition) is 3. The summed E-state index contributed by atoms with van der Waals surface area (Å²) >= 11 is 5.87. The summed E-state index contributed by atoms with van der Waals surface area (Å²) in [6.45, 7) is 4.37. The number of halogens is 1. The number of anilines is 1. The fourth-order valence-corrected chi connectivity index (χ4v) is 2.17. The van der Waals surface area contributed by atoms with Gasteiger partial charge in [-0.15, -0.1) is 0 Å². The summed E-state index contributed by atoms with van der Waals surface area (Å²) in [7, 11) is 2.10. The van der Waals surface area contributed by atoms with Crippen LogP contribution in [0.2, 0.25) is 5.02 Å². The summed E-state index contributed by atoms with van der Waals surface area (Å²) in [6, 6.07) is 7.21. The fourth-order valence-electron chi connectivity index (χ4n) is 1.98. The molecule has 0 atom stereocenters. The Morgan fingerprint density at radius 1 is 1.33 bits per heavy atom. The van der Waals surface area contributed by atoms with Crippen LogP contribution in [0, 0.1) is 0 Å². The van der Waals surface area contributed by atoms with Gasteiger partial charge in [-0.1, -0.05) is 17.7 Å². The van der Waals surface area contributed by atoms with Crippen LogP contribution in [0.1, 0.15) is 0 Å². The smallest absolute Gasteiger partial charge is 0.238 e. The first-order valence-corrected chi connectivity index (χ1v) is 6.47. The highest BCUT2D eigenvalue weighted by Gasteiger charge is 2.16. The molecule has 98 valence electrons. The number of amides is 1. The van der Waals surface area contributed by atoms with Gasteiger partial charge in [0, 0.05) is 36.9 Å². The maximum absolute atomic E-state index is 11.9. The highest BCUT2D eigenvalue weighted by atomic mass is 35.5. The Balaban J connectivity index is 1.82. The van der Waals surface area contributed by atoms with Crippen LogP contribution in [0.25, 0.3) is 0 Å². The molecule has 0 aromatic heterocycles. The minimum absolute atomic E-state index is 0.0156. The van der Waals surface area contributed by atoms with E-state index in [1.54, 1.807) is 12.1 Å². The van der Waals surface area contributed by atoms with Crippen molar-refractivity contribution < 1.29 is 4.79 Å². The van der Waals surface area contributed by atoms with Gasteiger partial charge in [0.25, 0.3) is 0 Å². The lowest BCUT2D eigenvalue weighted by Gasteiger charge is -2.31. The van der Waals surface area contributed by atoms with E-state index in [9.17, 15) is 4.79 Å². The number of nitrogens with one attached hydrogen (secondary N) is 1. The third-order valence-electron chi connectivity index (χ3n) is 3.07. The average molecular weight is 268 g/mol. The molecule has 2 rings (SSSR count). The molecular formula is C13H18ClN3O. The van der Waals surface area contributed by atoms with Crippen LogP contribution in [-0.2, 0) is 4.79 Å². The van der Waals surface area contributed by atoms with E-state index in [1.165, 1.54) is 0 Å². The van der Waals surface area contributed by atoms with Gasteiger partial charge in [0.2, 0.25) is 5.91 Å². The molecule has 1 saturated heterocycles. The van der Waals surface area contributed by atoms with Gasteiger partial charge in [-0.25, -0.2) is 0 Å². The predicted molar refractivity (Wildman–Crippen MR) is 74.0 cm³/mol. The van der Waals surface area contributed by atoms with E-state index in [0.717, 1.165) is 31.9 Å². The molecule has 1 heterocycles. The molecule has 18 heavy (non-hydrogen) atoms. The first-order chi connectivity index (χ1) is 8.63. The molecule has 1 aliphatic rings. The molecule has 1 aromatic rings. The Morgan fingerprint density at radius 2 is 2.06 bits per heavy atom. The largest absolute Gasteiger partial charge is 0.325 e. The average Bonchev–Trinajstić information content (AvgIpc) is 2.32. The van der Waals surface area contributed by atoms with Crippen molar-refractivity contribution in [2.45, 2.75) is 0 Å². The molecule has 5 heteroatoms.